The van der Waals surface area contributed by atoms with Gasteiger partial charge >= 0.3 is 12.1 Å². The van der Waals surface area contributed by atoms with Gasteiger partial charge in [-0.2, -0.15) is 13.2 Å². The standard InChI is InChI=1S/C23H24ClF3N2O6S/c1-2-34-22(31)15-8-10-29(11-9-15)21(30)14-35-20-7-6-18(13-19(20)24)36(32,33)28-17-5-3-4-16(12-17)23(25,26)27/h3-7,12-13,15,28H,2,8-11,14H2,1H3. The van der Waals surface area contributed by atoms with Crippen LogP contribution in [0, 0.1) is 5.92 Å². The third-order valence-electron chi connectivity index (χ3n) is 5.47. The summed E-state index contributed by atoms with van der Waals surface area (Å²) >= 11 is 6.13. The number of halogens is 4. The van der Waals surface area contributed by atoms with E-state index in [1.54, 1.807) is 11.8 Å². The van der Waals surface area contributed by atoms with E-state index in [1.807, 2.05) is 0 Å². The molecule has 0 aromatic heterocycles. The number of likely N-dealkylation sites (tertiary alicyclic amines) is 1. The van der Waals surface area contributed by atoms with E-state index in [1.165, 1.54) is 12.1 Å². The topological polar surface area (TPSA) is 102 Å². The number of sulfonamides is 1. The van der Waals surface area contributed by atoms with Crippen LogP contribution >= 0.6 is 11.6 Å². The van der Waals surface area contributed by atoms with Crippen LogP contribution in [0.5, 0.6) is 5.75 Å². The molecule has 0 bridgehead atoms. The maximum Gasteiger partial charge on any atom is 0.416 e. The van der Waals surface area contributed by atoms with Gasteiger partial charge in [-0.25, -0.2) is 8.42 Å². The minimum Gasteiger partial charge on any atom is -0.482 e. The van der Waals surface area contributed by atoms with Gasteiger partial charge in [0.2, 0.25) is 0 Å². The number of anilines is 1. The highest BCUT2D eigenvalue weighted by Gasteiger charge is 2.31. The zero-order valence-corrected chi connectivity index (χ0v) is 20.8. The van der Waals surface area contributed by atoms with Gasteiger partial charge in [0, 0.05) is 18.8 Å². The largest absolute Gasteiger partial charge is 0.482 e. The summed E-state index contributed by atoms with van der Waals surface area (Å²) in [7, 11) is -4.25. The third-order valence-corrected chi connectivity index (χ3v) is 7.15. The van der Waals surface area contributed by atoms with Gasteiger partial charge in [0.1, 0.15) is 5.75 Å². The van der Waals surface area contributed by atoms with Crippen molar-refractivity contribution in [1.82, 2.24) is 4.90 Å². The van der Waals surface area contributed by atoms with Crippen LogP contribution in [0.1, 0.15) is 25.3 Å². The van der Waals surface area contributed by atoms with E-state index >= 15 is 0 Å². The number of carbonyl (C=O) groups excluding carboxylic acids is 2. The van der Waals surface area contributed by atoms with Crippen molar-refractivity contribution in [2.75, 3.05) is 31.0 Å². The van der Waals surface area contributed by atoms with E-state index in [0.717, 1.165) is 24.3 Å². The Morgan fingerprint density at radius 1 is 1.14 bits per heavy atom. The average Bonchev–Trinajstić information content (AvgIpc) is 2.82. The number of nitrogens with zero attached hydrogens (tertiary/aromatic N) is 1. The molecule has 0 spiro atoms. The summed E-state index contributed by atoms with van der Waals surface area (Å²) in [4.78, 5) is 25.5. The molecule has 1 aliphatic heterocycles. The molecule has 1 amide bonds. The smallest absolute Gasteiger partial charge is 0.416 e. The molecule has 1 aliphatic rings. The first kappa shape index (κ1) is 27.6. The first-order valence-electron chi connectivity index (χ1n) is 11.0. The molecule has 1 saturated heterocycles. The van der Waals surface area contributed by atoms with Crippen LogP contribution in [0.15, 0.2) is 47.4 Å². The SMILES string of the molecule is CCOC(=O)C1CCN(C(=O)COc2ccc(S(=O)(=O)Nc3cccc(C(F)(F)F)c3)cc2Cl)CC1. The number of alkyl halides is 3. The zero-order valence-electron chi connectivity index (χ0n) is 19.2. The molecular formula is C23H24ClF3N2O6S. The van der Waals surface area contributed by atoms with Crippen LogP contribution in [0.4, 0.5) is 18.9 Å². The summed E-state index contributed by atoms with van der Waals surface area (Å²) in [5.41, 5.74) is -1.27. The van der Waals surface area contributed by atoms with Crippen LogP contribution in [-0.4, -0.2) is 51.5 Å². The number of rotatable bonds is 8. The molecular weight excluding hydrogens is 525 g/mol. The Kier molecular flexibility index (Phi) is 8.72. The minimum absolute atomic E-state index is 0.0597. The number of hydrogen-bond donors (Lipinski definition) is 1. The Balaban J connectivity index is 1.59. The first-order chi connectivity index (χ1) is 16.9. The second-order valence-electron chi connectivity index (χ2n) is 7.97. The summed E-state index contributed by atoms with van der Waals surface area (Å²) in [6.45, 7) is 2.43. The second-order valence-corrected chi connectivity index (χ2v) is 10.1. The Labute approximate surface area is 211 Å². The van der Waals surface area contributed by atoms with Gasteiger partial charge in [-0.15, -0.1) is 0 Å². The van der Waals surface area contributed by atoms with Crippen molar-refractivity contribution in [3.63, 3.8) is 0 Å². The van der Waals surface area contributed by atoms with E-state index < -0.39 is 21.8 Å². The molecule has 2 aromatic carbocycles. The molecule has 13 heteroatoms. The van der Waals surface area contributed by atoms with Gasteiger partial charge in [-0.3, -0.25) is 14.3 Å². The highest BCUT2D eigenvalue weighted by Crippen LogP contribution is 2.32. The van der Waals surface area contributed by atoms with E-state index in [9.17, 15) is 31.2 Å². The van der Waals surface area contributed by atoms with Crippen molar-refractivity contribution >= 4 is 39.2 Å². The number of ether oxygens (including phenoxy) is 2. The highest BCUT2D eigenvalue weighted by molar-refractivity contribution is 7.92. The number of hydrogen-bond acceptors (Lipinski definition) is 6. The summed E-state index contributed by atoms with van der Waals surface area (Å²) in [5, 5.41) is -0.101. The summed E-state index contributed by atoms with van der Waals surface area (Å²) in [5.74, 6) is -0.783. The Bertz CT molecular complexity index is 1210. The van der Waals surface area contributed by atoms with Crippen molar-refractivity contribution in [2.24, 2.45) is 5.92 Å². The van der Waals surface area contributed by atoms with E-state index in [-0.39, 0.29) is 45.8 Å². The van der Waals surface area contributed by atoms with E-state index in [4.69, 9.17) is 21.1 Å². The number of piperidine rings is 1. The third kappa shape index (κ3) is 7.03. The Morgan fingerprint density at radius 3 is 2.44 bits per heavy atom. The maximum atomic E-state index is 12.9. The molecule has 0 atom stereocenters. The normalized spacial score (nSPS) is 14.9. The monoisotopic (exact) mass is 548 g/mol. The molecule has 2 aromatic rings. The van der Waals surface area contributed by atoms with Crippen LogP contribution in [0.25, 0.3) is 0 Å². The van der Waals surface area contributed by atoms with Gasteiger partial charge < -0.3 is 14.4 Å². The fourth-order valence-electron chi connectivity index (χ4n) is 3.59. The summed E-state index contributed by atoms with van der Waals surface area (Å²) in [6.07, 6.45) is -3.66. The van der Waals surface area contributed by atoms with Gasteiger partial charge in [0.25, 0.3) is 15.9 Å². The molecule has 0 radical (unpaired) electrons. The van der Waals surface area contributed by atoms with Crippen molar-refractivity contribution in [1.29, 1.82) is 0 Å². The van der Waals surface area contributed by atoms with Crippen molar-refractivity contribution < 1.29 is 40.7 Å². The molecule has 1 fully saturated rings. The van der Waals surface area contributed by atoms with Gasteiger partial charge in [-0.1, -0.05) is 17.7 Å². The lowest BCUT2D eigenvalue weighted by molar-refractivity contribution is -0.151. The fraction of sp³-hybridized carbons (Fsp3) is 0.391. The highest BCUT2D eigenvalue weighted by atomic mass is 35.5. The van der Waals surface area contributed by atoms with E-state index in [0.29, 0.717) is 38.6 Å². The number of esters is 1. The van der Waals surface area contributed by atoms with Crippen LogP contribution in [0.3, 0.4) is 0 Å². The number of benzene rings is 2. The molecule has 36 heavy (non-hydrogen) atoms. The van der Waals surface area contributed by atoms with Crippen LogP contribution < -0.4 is 9.46 Å². The number of nitrogens with one attached hydrogen (secondary N) is 1. The molecule has 0 aliphatic carbocycles. The van der Waals surface area contributed by atoms with E-state index in [2.05, 4.69) is 4.72 Å². The molecule has 8 nitrogen and oxygen atoms in total. The van der Waals surface area contributed by atoms with Crippen LogP contribution in [0.2, 0.25) is 5.02 Å². The number of carbonyl (C=O) groups is 2. The van der Waals surface area contributed by atoms with Gasteiger partial charge in [0.15, 0.2) is 6.61 Å². The minimum atomic E-state index is -4.63. The van der Waals surface area contributed by atoms with Gasteiger partial charge in [0.05, 0.1) is 28.0 Å². The Morgan fingerprint density at radius 2 is 1.83 bits per heavy atom. The van der Waals surface area contributed by atoms with Gasteiger partial charge in [-0.05, 0) is 56.2 Å². The average molecular weight is 549 g/mol. The lowest BCUT2D eigenvalue weighted by atomic mass is 9.97. The Hall–Kier alpha value is -2.99. The molecule has 196 valence electrons. The maximum absolute atomic E-state index is 12.9. The summed E-state index contributed by atoms with van der Waals surface area (Å²) < 4.78 is 76.5. The van der Waals surface area contributed by atoms with Crippen molar-refractivity contribution in [3.8, 4) is 5.75 Å². The van der Waals surface area contributed by atoms with Crippen LogP contribution in [-0.2, 0) is 30.5 Å². The molecule has 0 saturated carbocycles. The quantitative estimate of drug-likeness (QED) is 0.492. The first-order valence-corrected chi connectivity index (χ1v) is 12.8. The van der Waals surface area contributed by atoms with Crippen molar-refractivity contribution in [3.05, 3.63) is 53.1 Å². The zero-order chi connectivity index (χ0) is 26.5. The van der Waals surface area contributed by atoms with Crippen molar-refractivity contribution in [2.45, 2.75) is 30.8 Å². The summed E-state index contributed by atoms with van der Waals surface area (Å²) in [6, 6.07) is 7.26. The molecule has 0 unspecified atom stereocenters. The molecule has 1 heterocycles. The lowest BCUT2D eigenvalue weighted by Crippen LogP contribution is -2.42. The molecule has 3 rings (SSSR count). The predicted octanol–water partition coefficient (Wildman–Crippen LogP) is 4.34. The number of amides is 1. The lowest BCUT2D eigenvalue weighted by Gasteiger charge is -2.30. The fourth-order valence-corrected chi connectivity index (χ4v) is 4.97. The molecule has 1 N–H and O–H groups in total. The predicted molar refractivity (Wildman–Crippen MR) is 125 cm³/mol. The second kappa shape index (κ2) is 11.4.